The zero-order valence-corrected chi connectivity index (χ0v) is 8.21. The van der Waals surface area contributed by atoms with Gasteiger partial charge in [-0.05, 0) is 18.2 Å². The molecule has 0 amide bonds. The van der Waals surface area contributed by atoms with E-state index in [-0.39, 0.29) is 11.6 Å². The van der Waals surface area contributed by atoms with Crippen molar-refractivity contribution in [3.05, 3.63) is 48.9 Å². The van der Waals surface area contributed by atoms with E-state index in [1.807, 2.05) is 0 Å². The van der Waals surface area contributed by atoms with E-state index in [0.717, 1.165) is 5.52 Å². The molecule has 3 rings (SSSR count). The number of halogens is 1. The Morgan fingerprint density at radius 2 is 2.06 bits per heavy atom. The predicted octanol–water partition coefficient (Wildman–Crippen LogP) is 1.95. The zero-order chi connectivity index (χ0) is 11.0. The maximum absolute atomic E-state index is 13.6. The van der Waals surface area contributed by atoms with Crippen LogP contribution in [0, 0.1) is 5.82 Å². The second-order valence-electron chi connectivity index (χ2n) is 3.29. The van der Waals surface area contributed by atoms with Crippen molar-refractivity contribution >= 4 is 11.0 Å². The molecule has 0 unspecified atom stereocenters. The Kier molecular flexibility index (Phi) is 1.89. The lowest BCUT2D eigenvalue weighted by atomic mass is 10.4. The minimum absolute atomic E-state index is 0.246. The van der Waals surface area contributed by atoms with Crippen LogP contribution in [0.3, 0.4) is 0 Å². The van der Waals surface area contributed by atoms with E-state index in [1.165, 1.54) is 12.4 Å². The Balaban J connectivity index is 2.31. The van der Waals surface area contributed by atoms with Crippen molar-refractivity contribution < 1.29 is 4.39 Å². The molecule has 0 spiro atoms. The number of pyridine rings is 2. The summed E-state index contributed by atoms with van der Waals surface area (Å²) in [6, 6.07) is 4.70. The highest BCUT2D eigenvalue weighted by Gasteiger charge is 2.08. The third-order valence-electron chi connectivity index (χ3n) is 2.32. The topological polar surface area (TPSA) is 43.6 Å². The smallest absolute Gasteiger partial charge is 0.174 e. The fraction of sp³-hybridized carbons (Fsp3) is 0. The van der Waals surface area contributed by atoms with Crippen molar-refractivity contribution in [2.75, 3.05) is 0 Å². The molecule has 0 saturated heterocycles. The highest BCUT2D eigenvalue weighted by molar-refractivity contribution is 5.75. The van der Waals surface area contributed by atoms with Gasteiger partial charge < -0.3 is 0 Å². The molecular formula is C11H7FN4. The summed E-state index contributed by atoms with van der Waals surface area (Å²) in [7, 11) is 0. The molecule has 0 fully saturated rings. The van der Waals surface area contributed by atoms with Gasteiger partial charge in [-0.3, -0.25) is 9.55 Å². The lowest BCUT2D eigenvalue weighted by molar-refractivity contribution is 0.611. The van der Waals surface area contributed by atoms with E-state index < -0.39 is 0 Å². The van der Waals surface area contributed by atoms with Crippen LogP contribution in [0.25, 0.3) is 16.9 Å². The lowest BCUT2D eigenvalue weighted by Gasteiger charge is -2.03. The molecule has 0 N–H and O–H groups in total. The van der Waals surface area contributed by atoms with Crippen molar-refractivity contribution in [1.82, 2.24) is 19.5 Å². The van der Waals surface area contributed by atoms with Gasteiger partial charge in [-0.15, -0.1) is 0 Å². The van der Waals surface area contributed by atoms with Gasteiger partial charge in [-0.1, -0.05) is 0 Å². The van der Waals surface area contributed by atoms with Gasteiger partial charge in [-0.2, -0.15) is 0 Å². The molecule has 78 valence electrons. The molecule has 4 nitrogen and oxygen atoms in total. The Hall–Kier alpha value is -2.30. The van der Waals surface area contributed by atoms with Gasteiger partial charge in [0.2, 0.25) is 0 Å². The summed E-state index contributed by atoms with van der Waals surface area (Å²) in [4.78, 5) is 12.1. The molecule has 0 aromatic carbocycles. The van der Waals surface area contributed by atoms with Crippen LogP contribution >= 0.6 is 0 Å². The first-order chi connectivity index (χ1) is 7.86. The van der Waals surface area contributed by atoms with Crippen molar-refractivity contribution in [2.45, 2.75) is 0 Å². The molecule has 0 bridgehead atoms. The van der Waals surface area contributed by atoms with E-state index in [2.05, 4.69) is 15.0 Å². The lowest BCUT2D eigenvalue weighted by Crippen LogP contribution is -1.98. The van der Waals surface area contributed by atoms with Gasteiger partial charge in [0, 0.05) is 12.4 Å². The van der Waals surface area contributed by atoms with Gasteiger partial charge in [-0.25, -0.2) is 14.4 Å². The number of aromatic nitrogens is 4. The van der Waals surface area contributed by atoms with E-state index >= 15 is 0 Å². The highest BCUT2D eigenvalue weighted by atomic mass is 19.1. The van der Waals surface area contributed by atoms with Crippen molar-refractivity contribution in [3.8, 4) is 5.82 Å². The number of hydrogen-bond donors (Lipinski definition) is 0. The standard InChI is InChI=1S/C11H7FN4/c12-8-2-1-4-14-11(8)16-7-15-9-6-13-5-3-10(9)16/h1-7H. The van der Waals surface area contributed by atoms with Crippen LogP contribution in [0.1, 0.15) is 0 Å². The molecule has 0 aliphatic heterocycles. The molecule has 3 aromatic heterocycles. The number of hydrogen-bond acceptors (Lipinski definition) is 3. The molecule has 16 heavy (non-hydrogen) atoms. The minimum atomic E-state index is -0.376. The summed E-state index contributed by atoms with van der Waals surface area (Å²) in [5.41, 5.74) is 1.50. The van der Waals surface area contributed by atoms with E-state index in [9.17, 15) is 4.39 Å². The van der Waals surface area contributed by atoms with Crippen LogP contribution in [0.5, 0.6) is 0 Å². The maximum atomic E-state index is 13.6. The molecule has 0 radical (unpaired) electrons. The second-order valence-corrected chi connectivity index (χ2v) is 3.29. The molecular weight excluding hydrogens is 207 g/mol. The number of imidazole rings is 1. The Morgan fingerprint density at radius 3 is 2.94 bits per heavy atom. The molecule has 3 heterocycles. The van der Waals surface area contributed by atoms with Gasteiger partial charge in [0.15, 0.2) is 11.6 Å². The fourth-order valence-corrected chi connectivity index (χ4v) is 1.59. The first-order valence-electron chi connectivity index (χ1n) is 4.74. The summed E-state index contributed by atoms with van der Waals surface area (Å²) < 4.78 is 15.2. The SMILES string of the molecule is Fc1cccnc1-n1cnc2cnccc21. The second kappa shape index (κ2) is 3.37. The highest BCUT2D eigenvalue weighted by Crippen LogP contribution is 2.17. The summed E-state index contributed by atoms with van der Waals surface area (Å²) >= 11 is 0. The average molecular weight is 214 g/mol. The number of nitrogens with zero attached hydrogens (tertiary/aromatic N) is 4. The molecule has 0 aliphatic rings. The van der Waals surface area contributed by atoms with Crippen LogP contribution in [-0.4, -0.2) is 19.5 Å². The van der Waals surface area contributed by atoms with E-state index in [1.54, 1.807) is 35.3 Å². The first kappa shape index (κ1) is 8.96. The quantitative estimate of drug-likeness (QED) is 0.621. The van der Waals surface area contributed by atoms with Crippen molar-refractivity contribution in [1.29, 1.82) is 0 Å². The third-order valence-corrected chi connectivity index (χ3v) is 2.32. The summed E-state index contributed by atoms with van der Waals surface area (Å²) in [6.07, 6.45) is 6.36. The molecule has 0 saturated carbocycles. The first-order valence-corrected chi connectivity index (χ1v) is 4.74. The number of rotatable bonds is 1. The monoisotopic (exact) mass is 214 g/mol. The van der Waals surface area contributed by atoms with Crippen LogP contribution in [0.4, 0.5) is 4.39 Å². The van der Waals surface area contributed by atoms with Crippen LogP contribution in [-0.2, 0) is 0 Å². The van der Waals surface area contributed by atoms with Crippen LogP contribution < -0.4 is 0 Å². The Morgan fingerprint density at radius 1 is 1.12 bits per heavy atom. The van der Waals surface area contributed by atoms with Crippen LogP contribution in [0.15, 0.2) is 43.1 Å². The van der Waals surface area contributed by atoms with Crippen LogP contribution in [0.2, 0.25) is 0 Å². The van der Waals surface area contributed by atoms with Gasteiger partial charge in [0.1, 0.15) is 11.8 Å². The molecule has 3 aromatic rings. The molecule has 0 atom stereocenters. The summed E-state index contributed by atoms with van der Waals surface area (Å²) in [6.45, 7) is 0. The largest absolute Gasteiger partial charge is 0.280 e. The molecule has 0 aliphatic carbocycles. The normalized spacial score (nSPS) is 10.8. The fourth-order valence-electron chi connectivity index (χ4n) is 1.59. The van der Waals surface area contributed by atoms with Gasteiger partial charge in [0.25, 0.3) is 0 Å². The van der Waals surface area contributed by atoms with E-state index in [0.29, 0.717) is 5.52 Å². The van der Waals surface area contributed by atoms with Crippen molar-refractivity contribution in [3.63, 3.8) is 0 Å². The molecule has 5 heteroatoms. The Labute approximate surface area is 90.4 Å². The predicted molar refractivity (Wildman–Crippen MR) is 56.6 cm³/mol. The maximum Gasteiger partial charge on any atom is 0.174 e. The van der Waals surface area contributed by atoms with Crippen molar-refractivity contribution in [2.24, 2.45) is 0 Å². The third kappa shape index (κ3) is 1.25. The van der Waals surface area contributed by atoms with E-state index in [4.69, 9.17) is 0 Å². The van der Waals surface area contributed by atoms with Gasteiger partial charge >= 0.3 is 0 Å². The average Bonchev–Trinajstić information content (AvgIpc) is 2.74. The summed E-state index contributed by atoms with van der Waals surface area (Å²) in [5, 5.41) is 0. The number of fused-ring (bicyclic) bond motifs is 1. The summed E-state index contributed by atoms with van der Waals surface area (Å²) in [5.74, 6) is -0.130. The van der Waals surface area contributed by atoms with Gasteiger partial charge in [0.05, 0.1) is 11.7 Å². The zero-order valence-electron chi connectivity index (χ0n) is 8.21. The Bertz CT molecular complexity index is 647. The minimum Gasteiger partial charge on any atom is -0.280 e.